The predicted octanol–water partition coefficient (Wildman–Crippen LogP) is 1.49. The minimum atomic E-state index is -0.559. The average molecular weight is 236 g/mol. The zero-order valence-electron chi connectivity index (χ0n) is 10.4. The molecule has 4 nitrogen and oxygen atoms in total. The molecule has 1 aromatic heterocycles. The molecule has 0 aromatic carbocycles. The summed E-state index contributed by atoms with van der Waals surface area (Å²) < 4.78 is 0. The van der Waals surface area contributed by atoms with E-state index in [2.05, 4.69) is 9.88 Å². The molecule has 1 aliphatic heterocycles. The van der Waals surface area contributed by atoms with Gasteiger partial charge < -0.3 is 15.1 Å². The predicted molar refractivity (Wildman–Crippen MR) is 66.9 cm³/mol. The van der Waals surface area contributed by atoms with E-state index in [4.69, 9.17) is 0 Å². The van der Waals surface area contributed by atoms with Crippen LogP contribution in [0.4, 0.5) is 5.82 Å². The number of rotatable bonds is 2. The van der Waals surface area contributed by atoms with Crippen LogP contribution in [0.25, 0.3) is 0 Å². The van der Waals surface area contributed by atoms with Gasteiger partial charge in [0.25, 0.3) is 0 Å². The van der Waals surface area contributed by atoms with E-state index in [1.165, 1.54) is 0 Å². The Bertz CT molecular complexity index is 381. The maximum absolute atomic E-state index is 9.92. The molecular weight excluding hydrogens is 216 g/mol. The quantitative estimate of drug-likeness (QED) is 0.816. The van der Waals surface area contributed by atoms with Gasteiger partial charge in [0.05, 0.1) is 11.7 Å². The van der Waals surface area contributed by atoms with Crippen molar-refractivity contribution in [3.8, 4) is 0 Å². The summed E-state index contributed by atoms with van der Waals surface area (Å²) in [7, 11) is 0. The summed E-state index contributed by atoms with van der Waals surface area (Å²) in [5.74, 6) is 0.845. The van der Waals surface area contributed by atoms with Crippen molar-refractivity contribution in [1.29, 1.82) is 0 Å². The molecule has 1 fully saturated rings. The van der Waals surface area contributed by atoms with Crippen molar-refractivity contribution in [1.82, 2.24) is 4.98 Å². The molecule has 0 radical (unpaired) electrons. The third-order valence-corrected chi connectivity index (χ3v) is 3.41. The first-order valence-electron chi connectivity index (χ1n) is 6.10. The number of nitrogens with zero attached hydrogens (tertiary/aromatic N) is 2. The van der Waals surface area contributed by atoms with Gasteiger partial charge in [-0.25, -0.2) is 4.98 Å². The normalized spacial score (nSPS) is 21.3. The SMILES string of the molecule is C[C@@H](O)c1cccnc1N1CCC(C)(O)CC1. The summed E-state index contributed by atoms with van der Waals surface area (Å²) in [4.78, 5) is 6.49. The number of pyridine rings is 1. The molecule has 1 atom stereocenters. The minimum Gasteiger partial charge on any atom is -0.390 e. The molecule has 0 aliphatic carbocycles. The maximum Gasteiger partial charge on any atom is 0.134 e. The Morgan fingerprint density at radius 1 is 1.41 bits per heavy atom. The first-order valence-corrected chi connectivity index (χ1v) is 6.10. The van der Waals surface area contributed by atoms with Gasteiger partial charge in [0.15, 0.2) is 0 Å². The fourth-order valence-electron chi connectivity index (χ4n) is 2.20. The smallest absolute Gasteiger partial charge is 0.134 e. The molecule has 2 heterocycles. The fourth-order valence-corrected chi connectivity index (χ4v) is 2.20. The van der Waals surface area contributed by atoms with E-state index in [9.17, 15) is 10.2 Å². The lowest BCUT2D eigenvalue weighted by molar-refractivity contribution is 0.0349. The van der Waals surface area contributed by atoms with Crippen LogP contribution >= 0.6 is 0 Å². The Kier molecular flexibility index (Phi) is 3.35. The highest BCUT2D eigenvalue weighted by Crippen LogP contribution is 2.29. The third-order valence-electron chi connectivity index (χ3n) is 3.41. The topological polar surface area (TPSA) is 56.6 Å². The van der Waals surface area contributed by atoms with Crippen LogP contribution in [0.5, 0.6) is 0 Å². The van der Waals surface area contributed by atoms with Gasteiger partial charge >= 0.3 is 0 Å². The van der Waals surface area contributed by atoms with Crippen LogP contribution in [-0.2, 0) is 0 Å². The summed E-state index contributed by atoms with van der Waals surface area (Å²) in [6, 6.07) is 3.74. The highest BCUT2D eigenvalue weighted by atomic mass is 16.3. The first-order chi connectivity index (χ1) is 7.99. The first kappa shape index (κ1) is 12.3. The zero-order chi connectivity index (χ0) is 12.5. The number of aromatic nitrogens is 1. The van der Waals surface area contributed by atoms with Gasteiger partial charge in [0.2, 0.25) is 0 Å². The third kappa shape index (κ3) is 2.76. The van der Waals surface area contributed by atoms with E-state index in [0.717, 1.165) is 37.3 Å². The fraction of sp³-hybridized carbons (Fsp3) is 0.615. The van der Waals surface area contributed by atoms with E-state index in [0.29, 0.717) is 0 Å². The van der Waals surface area contributed by atoms with E-state index in [1.807, 2.05) is 19.1 Å². The molecule has 1 aliphatic rings. The summed E-state index contributed by atoms with van der Waals surface area (Å²) in [6.45, 7) is 5.19. The second-order valence-electron chi connectivity index (χ2n) is 5.08. The highest BCUT2D eigenvalue weighted by molar-refractivity contribution is 5.48. The van der Waals surface area contributed by atoms with Crippen molar-refractivity contribution in [3.05, 3.63) is 23.9 Å². The molecule has 0 bridgehead atoms. The van der Waals surface area contributed by atoms with E-state index >= 15 is 0 Å². The molecule has 0 amide bonds. The lowest BCUT2D eigenvalue weighted by Crippen LogP contribution is -2.43. The van der Waals surface area contributed by atoms with Gasteiger partial charge in [-0.05, 0) is 32.8 Å². The monoisotopic (exact) mass is 236 g/mol. The van der Waals surface area contributed by atoms with Gasteiger partial charge in [-0.1, -0.05) is 6.07 Å². The Morgan fingerprint density at radius 2 is 2.06 bits per heavy atom. The molecule has 1 aromatic rings. The number of piperidine rings is 1. The number of hydrogen-bond donors (Lipinski definition) is 2. The van der Waals surface area contributed by atoms with Gasteiger partial charge in [-0.2, -0.15) is 0 Å². The summed E-state index contributed by atoms with van der Waals surface area (Å²) in [6.07, 6.45) is 2.71. The molecule has 2 N–H and O–H groups in total. The van der Waals surface area contributed by atoms with Gasteiger partial charge in [0.1, 0.15) is 5.82 Å². The lowest BCUT2D eigenvalue weighted by atomic mass is 9.93. The van der Waals surface area contributed by atoms with Crippen molar-refractivity contribution in [3.63, 3.8) is 0 Å². The number of aliphatic hydroxyl groups is 2. The number of aliphatic hydroxyl groups excluding tert-OH is 1. The Hall–Kier alpha value is -1.13. The largest absolute Gasteiger partial charge is 0.390 e. The van der Waals surface area contributed by atoms with Crippen molar-refractivity contribution < 1.29 is 10.2 Å². The van der Waals surface area contributed by atoms with Gasteiger partial charge in [-0.3, -0.25) is 0 Å². The van der Waals surface area contributed by atoms with Crippen molar-refractivity contribution in [2.24, 2.45) is 0 Å². The molecular formula is C13H20N2O2. The van der Waals surface area contributed by atoms with E-state index in [1.54, 1.807) is 13.1 Å². The van der Waals surface area contributed by atoms with E-state index < -0.39 is 11.7 Å². The summed E-state index contributed by atoms with van der Waals surface area (Å²) >= 11 is 0. The van der Waals surface area contributed by atoms with Crippen LogP contribution in [0.2, 0.25) is 0 Å². The molecule has 0 saturated carbocycles. The van der Waals surface area contributed by atoms with Crippen LogP contribution in [0.3, 0.4) is 0 Å². The van der Waals surface area contributed by atoms with Crippen LogP contribution in [-0.4, -0.2) is 33.9 Å². The van der Waals surface area contributed by atoms with Gasteiger partial charge in [-0.15, -0.1) is 0 Å². The Labute approximate surface area is 102 Å². The number of anilines is 1. The van der Waals surface area contributed by atoms with Crippen LogP contribution < -0.4 is 4.90 Å². The molecule has 1 saturated heterocycles. The lowest BCUT2D eigenvalue weighted by Gasteiger charge is -2.37. The molecule has 94 valence electrons. The molecule has 2 rings (SSSR count). The number of hydrogen-bond acceptors (Lipinski definition) is 4. The second-order valence-corrected chi connectivity index (χ2v) is 5.08. The summed E-state index contributed by atoms with van der Waals surface area (Å²) in [5.41, 5.74) is 0.296. The minimum absolute atomic E-state index is 0.513. The molecule has 0 unspecified atom stereocenters. The highest BCUT2D eigenvalue weighted by Gasteiger charge is 2.29. The van der Waals surface area contributed by atoms with E-state index in [-0.39, 0.29) is 0 Å². The Balaban J connectivity index is 2.18. The van der Waals surface area contributed by atoms with Crippen molar-refractivity contribution in [2.75, 3.05) is 18.0 Å². The Morgan fingerprint density at radius 3 is 2.65 bits per heavy atom. The second kappa shape index (κ2) is 4.63. The van der Waals surface area contributed by atoms with Crippen LogP contribution in [0.1, 0.15) is 38.4 Å². The molecule has 4 heteroatoms. The maximum atomic E-state index is 9.92. The van der Waals surface area contributed by atoms with Crippen LogP contribution in [0.15, 0.2) is 18.3 Å². The standard InChI is InChI=1S/C13H20N2O2/c1-10(16)11-4-3-7-14-12(11)15-8-5-13(2,17)6-9-15/h3-4,7,10,16-17H,5-6,8-9H2,1-2H3/t10-/m1/s1. The van der Waals surface area contributed by atoms with Crippen molar-refractivity contribution in [2.45, 2.75) is 38.4 Å². The average Bonchev–Trinajstić information content (AvgIpc) is 2.29. The summed E-state index contributed by atoms with van der Waals surface area (Å²) in [5, 5.41) is 19.6. The zero-order valence-corrected chi connectivity index (χ0v) is 10.4. The van der Waals surface area contributed by atoms with Crippen molar-refractivity contribution >= 4 is 5.82 Å². The van der Waals surface area contributed by atoms with Crippen LogP contribution in [0, 0.1) is 0 Å². The molecule has 17 heavy (non-hydrogen) atoms. The molecule has 0 spiro atoms. The van der Waals surface area contributed by atoms with Gasteiger partial charge in [0, 0.05) is 24.8 Å².